The van der Waals surface area contributed by atoms with Gasteiger partial charge in [0.15, 0.2) is 17.9 Å². The normalized spacial score (nSPS) is 23.9. The summed E-state index contributed by atoms with van der Waals surface area (Å²) in [7, 11) is 0. The summed E-state index contributed by atoms with van der Waals surface area (Å²) in [6.07, 6.45) is 2.94. The quantitative estimate of drug-likeness (QED) is 0.456. The van der Waals surface area contributed by atoms with Gasteiger partial charge in [0.2, 0.25) is 0 Å². The number of carbonyl (C=O) groups excluding carboxylic acids is 3. The van der Waals surface area contributed by atoms with E-state index in [9.17, 15) is 24.5 Å². The number of thioether (sulfide) groups is 1. The van der Waals surface area contributed by atoms with Crippen LogP contribution >= 0.6 is 11.8 Å². The van der Waals surface area contributed by atoms with Crippen LogP contribution in [-0.4, -0.2) is 33.0 Å². The van der Waals surface area contributed by atoms with Crippen molar-refractivity contribution in [3.63, 3.8) is 0 Å². The van der Waals surface area contributed by atoms with Crippen LogP contribution in [0.3, 0.4) is 0 Å². The second-order valence-corrected chi connectivity index (χ2v) is 5.46. The molecule has 3 rings (SSSR count). The van der Waals surface area contributed by atoms with Crippen molar-refractivity contribution in [3.8, 4) is 0 Å². The summed E-state index contributed by atoms with van der Waals surface area (Å²) in [5.41, 5.74) is -0.0245. The Labute approximate surface area is 116 Å². The zero-order valence-corrected chi connectivity index (χ0v) is 10.6. The molecule has 2 aliphatic rings. The number of aldehydes is 1. The number of allylic oxidation sites excluding steroid dienone is 1. The Morgan fingerprint density at radius 2 is 2.10 bits per heavy atom. The highest BCUT2D eigenvalue weighted by molar-refractivity contribution is 8.04. The molecule has 20 heavy (non-hydrogen) atoms. The lowest BCUT2D eigenvalue weighted by molar-refractivity contribution is -0.410. The third-order valence-corrected chi connectivity index (χ3v) is 4.51. The number of hydrogen-bond donors (Lipinski definition) is 0. The van der Waals surface area contributed by atoms with Crippen LogP contribution in [0.2, 0.25) is 0 Å². The van der Waals surface area contributed by atoms with Gasteiger partial charge in [0.05, 0.1) is 21.7 Å². The van der Waals surface area contributed by atoms with Gasteiger partial charge in [-0.05, 0) is 17.8 Å². The zero-order chi connectivity index (χ0) is 14.4. The second-order valence-electron chi connectivity index (χ2n) is 4.30. The molecule has 0 amide bonds. The van der Waals surface area contributed by atoms with Crippen molar-refractivity contribution >= 4 is 29.6 Å². The minimum absolute atomic E-state index is 0.0285. The van der Waals surface area contributed by atoms with Crippen molar-refractivity contribution in [1.82, 2.24) is 4.98 Å². The Bertz CT molecular complexity index is 712. The van der Waals surface area contributed by atoms with E-state index in [0.29, 0.717) is 6.29 Å². The highest BCUT2D eigenvalue weighted by Crippen LogP contribution is 2.43. The number of pyridine rings is 1. The van der Waals surface area contributed by atoms with Gasteiger partial charge in [-0.2, -0.15) is 0 Å². The SMILES string of the molecule is O=Cc1ccnc2c1C(=O)C1SC([N+](=O)[O-])=CC1C2=O. The molecule has 1 aliphatic carbocycles. The smallest absolute Gasteiger partial charge is 0.298 e. The third kappa shape index (κ3) is 1.61. The summed E-state index contributed by atoms with van der Waals surface area (Å²) in [6, 6.07) is 1.35. The molecule has 100 valence electrons. The Balaban J connectivity index is 2.15. The Hall–Kier alpha value is -2.35. The van der Waals surface area contributed by atoms with Crippen molar-refractivity contribution in [2.45, 2.75) is 5.25 Å². The molecule has 0 saturated heterocycles. The first-order chi connectivity index (χ1) is 9.54. The van der Waals surface area contributed by atoms with Crippen molar-refractivity contribution in [2.24, 2.45) is 5.92 Å². The number of nitrogens with zero attached hydrogens (tertiary/aromatic N) is 2. The molecule has 2 unspecified atom stereocenters. The van der Waals surface area contributed by atoms with Gasteiger partial charge in [-0.15, -0.1) is 0 Å². The monoisotopic (exact) mass is 290 g/mol. The third-order valence-electron chi connectivity index (χ3n) is 3.23. The number of hydrogen-bond acceptors (Lipinski definition) is 7. The molecular formula is C12H6N2O5S. The van der Waals surface area contributed by atoms with Crippen LogP contribution in [0.4, 0.5) is 0 Å². The lowest BCUT2D eigenvalue weighted by atomic mass is 9.82. The van der Waals surface area contributed by atoms with Crippen LogP contribution in [0.1, 0.15) is 31.2 Å². The van der Waals surface area contributed by atoms with Crippen molar-refractivity contribution < 1.29 is 19.3 Å². The summed E-state index contributed by atoms with van der Waals surface area (Å²) in [5, 5.41) is 9.68. The zero-order valence-electron chi connectivity index (χ0n) is 9.81. The Morgan fingerprint density at radius 1 is 1.35 bits per heavy atom. The maximum absolute atomic E-state index is 12.4. The van der Waals surface area contributed by atoms with E-state index in [1.807, 2.05) is 0 Å². The van der Waals surface area contributed by atoms with Gasteiger partial charge >= 0.3 is 5.03 Å². The minimum Gasteiger partial charge on any atom is -0.298 e. The molecule has 1 aromatic rings. The predicted molar refractivity (Wildman–Crippen MR) is 68.2 cm³/mol. The number of nitro groups is 1. The number of aromatic nitrogens is 1. The Morgan fingerprint density at radius 3 is 2.75 bits per heavy atom. The van der Waals surface area contributed by atoms with Crippen molar-refractivity contribution in [1.29, 1.82) is 0 Å². The fourth-order valence-corrected chi connectivity index (χ4v) is 3.48. The van der Waals surface area contributed by atoms with Crippen LogP contribution in [0.5, 0.6) is 0 Å². The molecule has 2 atom stereocenters. The number of carbonyl (C=O) groups is 3. The number of ketones is 2. The molecule has 1 aliphatic heterocycles. The molecule has 0 spiro atoms. The minimum atomic E-state index is -0.880. The van der Waals surface area contributed by atoms with Crippen LogP contribution < -0.4 is 0 Å². The molecule has 0 N–H and O–H groups in total. The maximum Gasteiger partial charge on any atom is 0.300 e. The topological polar surface area (TPSA) is 107 Å². The Kier molecular flexibility index (Phi) is 2.75. The van der Waals surface area contributed by atoms with Gasteiger partial charge in [0.1, 0.15) is 5.69 Å². The number of rotatable bonds is 2. The molecule has 1 aromatic heterocycles. The summed E-state index contributed by atoms with van der Waals surface area (Å²) < 4.78 is 0. The van der Waals surface area contributed by atoms with Crippen molar-refractivity contribution in [2.75, 3.05) is 0 Å². The summed E-state index contributed by atoms with van der Waals surface area (Å²) >= 11 is 0.745. The fourth-order valence-electron chi connectivity index (χ4n) is 2.34. The summed E-state index contributed by atoms with van der Waals surface area (Å²) in [5.74, 6) is -1.80. The molecule has 2 heterocycles. The molecule has 8 heteroatoms. The first-order valence-corrected chi connectivity index (χ1v) is 6.48. The molecule has 0 bridgehead atoms. The summed E-state index contributed by atoms with van der Waals surface area (Å²) in [4.78, 5) is 49.6. The van der Waals surface area contributed by atoms with Crippen LogP contribution in [0, 0.1) is 16.0 Å². The molecular weight excluding hydrogens is 284 g/mol. The van der Waals surface area contributed by atoms with E-state index in [4.69, 9.17) is 0 Å². The molecule has 0 radical (unpaired) electrons. The highest BCUT2D eigenvalue weighted by Gasteiger charge is 2.49. The first kappa shape index (κ1) is 12.7. The standard InChI is InChI=1S/C12H6N2O5S/c15-4-5-1-2-13-9-8(5)11(17)12-6(10(9)16)3-7(20-12)14(18)19/h1-4,6,12H. The van der Waals surface area contributed by atoms with E-state index in [2.05, 4.69) is 4.98 Å². The molecule has 0 fully saturated rings. The van der Waals surface area contributed by atoms with Crippen molar-refractivity contribution in [3.05, 3.63) is 50.3 Å². The van der Waals surface area contributed by atoms with Gasteiger partial charge in [0.25, 0.3) is 0 Å². The van der Waals surface area contributed by atoms with E-state index in [0.717, 1.165) is 11.8 Å². The van der Waals surface area contributed by atoms with Gasteiger partial charge in [0, 0.05) is 17.8 Å². The summed E-state index contributed by atoms with van der Waals surface area (Å²) in [6.45, 7) is 0. The van der Waals surface area contributed by atoms with E-state index in [-0.39, 0.29) is 21.8 Å². The van der Waals surface area contributed by atoms with E-state index < -0.39 is 27.7 Å². The maximum atomic E-state index is 12.4. The van der Waals surface area contributed by atoms with Crippen LogP contribution in [0.15, 0.2) is 23.4 Å². The predicted octanol–water partition coefficient (Wildman–Crippen LogP) is 1.12. The largest absolute Gasteiger partial charge is 0.300 e. The van der Waals surface area contributed by atoms with Crippen LogP contribution in [0.25, 0.3) is 0 Å². The average Bonchev–Trinajstić information content (AvgIpc) is 2.89. The second kappa shape index (κ2) is 4.34. The van der Waals surface area contributed by atoms with E-state index >= 15 is 0 Å². The molecule has 7 nitrogen and oxygen atoms in total. The lowest BCUT2D eigenvalue weighted by Gasteiger charge is -2.23. The van der Waals surface area contributed by atoms with Crippen LogP contribution in [-0.2, 0) is 0 Å². The van der Waals surface area contributed by atoms with Gasteiger partial charge in [-0.1, -0.05) is 0 Å². The fraction of sp³-hybridized carbons (Fsp3) is 0.167. The number of Topliss-reactive ketones (excluding diaryl/α,β-unsaturated/α-hetero) is 2. The van der Waals surface area contributed by atoms with E-state index in [1.165, 1.54) is 18.3 Å². The molecule has 0 aromatic carbocycles. The first-order valence-electron chi connectivity index (χ1n) is 5.60. The van der Waals surface area contributed by atoms with Gasteiger partial charge in [-0.3, -0.25) is 29.5 Å². The molecule has 0 saturated carbocycles. The van der Waals surface area contributed by atoms with Gasteiger partial charge in [-0.25, -0.2) is 0 Å². The lowest BCUT2D eigenvalue weighted by Crippen LogP contribution is -2.37. The number of fused-ring (bicyclic) bond motifs is 2. The average molecular weight is 290 g/mol. The van der Waals surface area contributed by atoms with E-state index in [1.54, 1.807) is 0 Å². The van der Waals surface area contributed by atoms with Gasteiger partial charge < -0.3 is 0 Å². The highest BCUT2D eigenvalue weighted by atomic mass is 32.2.